The predicted molar refractivity (Wildman–Crippen MR) is 77.5 cm³/mol. The van der Waals surface area contributed by atoms with Crippen LogP contribution in [0.3, 0.4) is 0 Å². The lowest BCUT2D eigenvalue weighted by atomic mass is 9.84. The number of hydrogen-bond acceptors (Lipinski definition) is 2. The summed E-state index contributed by atoms with van der Waals surface area (Å²) in [4.78, 5) is 1.50. The molecule has 1 aliphatic rings. The molecule has 92 valence electrons. The predicted octanol–water partition coefficient (Wildman–Crippen LogP) is 4.74. The van der Waals surface area contributed by atoms with Crippen molar-refractivity contribution in [3.05, 3.63) is 28.3 Å². The molecule has 0 radical (unpaired) electrons. The molecule has 0 aromatic carbocycles. The Hall–Kier alpha value is -0.980. The SMILES string of the molecule is C=C=C(CCC)c1c(N)sc2c1C(C)CCC2. The standard InChI is InChI=1S/C15H21NS/c1-4-7-11(5-2)14-13-10(3)8-6-9-12(13)17-15(14)16/h10H,2,4,6-9,16H2,1,3H3. The third kappa shape index (κ3) is 2.20. The number of hydrogen-bond donors (Lipinski definition) is 1. The molecule has 1 nitrogen and oxygen atoms in total. The van der Waals surface area contributed by atoms with Crippen LogP contribution in [0.2, 0.25) is 0 Å². The zero-order chi connectivity index (χ0) is 12.4. The maximum atomic E-state index is 6.22. The van der Waals surface area contributed by atoms with Crippen molar-refractivity contribution < 1.29 is 0 Å². The van der Waals surface area contributed by atoms with Gasteiger partial charge in [-0.1, -0.05) is 26.8 Å². The highest BCUT2D eigenvalue weighted by Gasteiger charge is 2.25. The van der Waals surface area contributed by atoms with Gasteiger partial charge in [0.05, 0.1) is 5.00 Å². The minimum atomic E-state index is 0.641. The number of aryl methyl sites for hydroxylation is 1. The quantitative estimate of drug-likeness (QED) is 0.767. The largest absolute Gasteiger partial charge is 0.390 e. The molecule has 0 saturated heterocycles. The van der Waals surface area contributed by atoms with E-state index in [1.807, 2.05) is 0 Å². The van der Waals surface area contributed by atoms with Crippen LogP contribution in [0, 0.1) is 0 Å². The minimum absolute atomic E-state index is 0.641. The van der Waals surface area contributed by atoms with Crippen molar-refractivity contribution in [1.82, 2.24) is 0 Å². The fourth-order valence-corrected chi connectivity index (χ4v) is 4.05. The van der Waals surface area contributed by atoms with Crippen LogP contribution < -0.4 is 5.73 Å². The smallest absolute Gasteiger partial charge is 0.0944 e. The van der Waals surface area contributed by atoms with Gasteiger partial charge in [0, 0.05) is 16.0 Å². The average molecular weight is 247 g/mol. The van der Waals surface area contributed by atoms with Crippen LogP contribution >= 0.6 is 11.3 Å². The number of nitrogen functional groups attached to an aromatic ring is 1. The van der Waals surface area contributed by atoms with E-state index in [9.17, 15) is 0 Å². The first-order chi connectivity index (χ1) is 8.19. The molecule has 17 heavy (non-hydrogen) atoms. The molecule has 0 saturated carbocycles. The molecule has 1 aromatic heterocycles. The third-order valence-corrected chi connectivity index (χ3v) is 4.69. The summed E-state index contributed by atoms with van der Waals surface area (Å²) in [5.41, 5.74) is 13.3. The second-order valence-corrected chi connectivity index (χ2v) is 6.01. The van der Waals surface area contributed by atoms with Crippen LogP contribution in [-0.2, 0) is 6.42 Å². The minimum Gasteiger partial charge on any atom is -0.390 e. The van der Waals surface area contributed by atoms with Crippen LogP contribution in [0.5, 0.6) is 0 Å². The highest BCUT2D eigenvalue weighted by molar-refractivity contribution is 7.16. The van der Waals surface area contributed by atoms with Crippen LogP contribution in [0.1, 0.15) is 61.5 Å². The molecule has 0 bridgehead atoms. The average Bonchev–Trinajstić information content (AvgIpc) is 2.64. The maximum Gasteiger partial charge on any atom is 0.0944 e. The Balaban J connectivity index is 2.53. The summed E-state index contributed by atoms with van der Waals surface area (Å²) in [5.74, 6) is 0.641. The molecule has 2 heteroatoms. The Labute approximate surface area is 108 Å². The summed E-state index contributed by atoms with van der Waals surface area (Å²) in [5, 5.41) is 0.975. The summed E-state index contributed by atoms with van der Waals surface area (Å²) in [6, 6.07) is 0. The number of rotatable bonds is 3. The van der Waals surface area contributed by atoms with Gasteiger partial charge < -0.3 is 5.73 Å². The Kier molecular flexibility index (Phi) is 3.76. The Morgan fingerprint density at radius 2 is 2.35 bits per heavy atom. The molecule has 0 fully saturated rings. The molecule has 1 aliphatic carbocycles. The van der Waals surface area contributed by atoms with Gasteiger partial charge in [-0.05, 0) is 37.2 Å². The van der Waals surface area contributed by atoms with E-state index in [4.69, 9.17) is 5.73 Å². The highest BCUT2D eigenvalue weighted by Crippen LogP contribution is 2.45. The van der Waals surface area contributed by atoms with Crippen molar-refractivity contribution in [2.24, 2.45) is 0 Å². The van der Waals surface area contributed by atoms with Crippen LogP contribution in [0.15, 0.2) is 12.3 Å². The van der Waals surface area contributed by atoms with Crippen molar-refractivity contribution in [2.45, 2.75) is 51.9 Å². The van der Waals surface area contributed by atoms with Gasteiger partial charge in [0.15, 0.2) is 0 Å². The molecule has 0 aliphatic heterocycles. The normalized spacial score (nSPS) is 18.6. The van der Waals surface area contributed by atoms with E-state index in [-0.39, 0.29) is 0 Å². The zero-order valence-electron chi connectivity index (χ0n) is 10.8. The highest BCUT2D eigenvalue weighted by atomic mass is 32.1. The van der Waals surface area contributed by atoms with Crippen molar-refractivity contribution in [2.75, 3.05) is 5.73 Å². The summed E-state index contributed by atoms with van der Waals surface area (Å²) < 4.78 is 0. The fraction of sp³-hybridized carbons (Fsp3) is 0.533. The lowest BCUT2D eigenvalue weighted by Gasteiger charge is -2.20. The topological polar surface area (TPSA) is 26.0 Å². The molecular weight excluding hydrogens is 226 g/mol. The first-order valence-corrected chi connectivity index (χ1v) is 7.31. The number of nitrogens with two attached hydrogens (primary N) is 1. The van der Waals surface area contributed by atoms with Gasteiger partial charge in [0.2, 0.25) is 0 Å². The van der Waals surface area contributed by atoms with Crippen molar-refractivity contribution in [1.29, 1.82) is 0 Å². The molecule has 2 rings (SSSR count). The van der Waals surface area contributed by atoms with E-state index < -0.39 is 0 Å². The Bertz CT molecular complexity index is 464. The number of anilines is 1. The van der Waals surface area contributed by atoms with Crippen LogP contribution in [0.25, 0.3) is 5.57 Å². The Morgan fingerprint density at radius 3 is 3.00 bits per heavy atom. The molecule has 0 amide bonds. The molecule has 1 heterocycles. The van der Waals surface area contributed by atoms with E-state index in [1.54, 1.807) is 11.3 Å². The van der Waals surface area contributed by atoms with Gasteiger partial charge >= 0.3 is 0 Å². The van der Waals surface area contributed by atoms with E-state index in [1.165, 1.54) is 40.8 Å². The van der Waals surface area contributed by atoms with Crippen LogP contribution in [0.4, 0.5) is 5.00 Å². The molecule has 2 N–H and O–H groups in total. The monoisotopic (exact) mass is 247 g/mol. The van der Waals surface area contributed by atoms with Gasteiger partial charge in [-0.3, -0.25) is 0 Å². The van der Waals surface area contributed by atoms with Crippen molar-refractivity contribution in [3.63, 3.8) is 0 Å². The first kappa shape index (κ1) is 12.5. The van der Waals surface area contributed by atoms with E-state index >= 15 is 0 Å². The molecular formula is C15H21NS. The van der Waals surface area contributed by atoms with Gasteiger partial charge in [-0.2, -0.15) is 0 Å². The van der Waals surface area contributed by atoms with Gasteiger partial charge in [0.1, 0.15) is 0 Å². The first-order valence-electron chi connectivity index (χ1n) is 6.49. The van der Waals surface area contributed by atoms with Crippen molar-refractivity contribution >= 4 is 21.9 Å². The second-order valence-electron chi connectivity index (χ2n) is 4.88. The van der Waals surface area contributed by atoms with E-state index in [0.717, 1.165) is 17.8 Å². The van der Waals surface area contributed by atoms with Crippen LogP contribution in [-0.4, -0.2) is 0 Å². The van der Waals surface area contributed by atoms with Crippen molar-refractivity contribution in [3.8, 4) is 0 Å². The molecule has 0 spiro atoms. The van der Waals surface area contributed by atoms with E-state index in [2.05, 4.69) is 26.2 Å². The number of thiophene rings is 1. The summed E-state index contributed by atoms with van der Waals surface area (Å²) in [6.45, 7) is 8.35. The van der Waals surface area contributed by atoms with Gasteiger partial charge in [-0.25, -0.2) is 0 Å². The summed E-state index contributed by atoms with van der Waals surface area (Å²) in [7, 11) is 0. The number of fused-ring (bicyclic) bond motifs is 1. The van der Waals surface area contributed by atoms with E-state index in [0.29, 0.717) is 5.92 Å². The Morgan fingerprint density at radius 1 is 1.59 bits per heavy atom. The lowest BCUT2D eigenvalue weighted by Crippen LogP contribution is -2.06. The fourth-order valence-electron chi connectivity index (χ4n) is 2.79. The second kappa shape index (κ2) is 5.12. The third-order valence-electron chi connectivity index (χ3n) is 3.60. The van der Waals surface area contributed by atoms with Gasteiger partial charge in [0.25, 0.3) is 0 Å². The molecule has 1 unspecified atom stereocenters. The summed E-state index contributed by atoms with van der Waals surface area (Å²) >= 11 is 1.78. The maximum absolute atomic E-state index is 6.22. The molecule has 1 aromatic rings. The number of allylic oxidation sites excluding steroid dienone is 1. The summed E-state index contributed by atoms with van der Waals surface area (Å²) in [6.07, 6.45) is 5.94. The molecule has 1 atom stereocenters. The van der Waals surface area contributed by atoms with Gasteiger partial charge in [-0.15, -0.1) is 17.1 Å². The zero-order valence-corrected chi connectivity index (χ0v) is 11.6. The lowest BCUT2D eigenvalue weighted by molar-refractivity contribution is 0.597.